The summed E-state index contributed by atoms with van der Waals surface area (Å²) in [6.07, 6.45) is 15.7. The Labute approximate surface area is 362 Å². The minimum Gasteiger partial charge on any atom is -0.394 e. The summed E-state index contributed by atoms with van der Waals surface area (Å²) in [6, 6.07) is -0.818. The normalized spacial score (nSPS) is 28.2. The van der Waals surface area contributed by atoms with Gasteiger partial charge in [0.25, 0.3) is 0 Å². The molecule has 2 aliphatic rings. The van der Waals surface area contributed by atoms with Gasteiger partial charge in [0.1, 0.15) is 48.8 Å². The molecule has 60 heavy (non-hydrogen) atoms. The number of aliphatic hydroxyl groups excluding tert-OH is 8. The van der Waals surface area contributed by atoms with Crippen molar-refractivity contribution in [2.45, 2.75) is 267 Å². The summed E-state index contributed by atoms with van der Waals surface area (Å²) in [4.78, 5) is 13.0. The highest BCUT2D eigenvalue weighted by atomic mass is 16.7. The largest absolute Gasteiger partial charge is 0.394 e. The Morgan fingerprint density at radius 3 is 1.42 bits per heavy atom. The van der Waals surface area contributed by atoms with Crippen LogP contribution >= 0.6 is 0 Å². The Morgan fingerprint density at radius 2 is 0.950 bits per heavy atom. The minimum absolute atomic E-state index is 0.212. The van der Waals surface area contributed by atoms with Gasteiger partial charge >= 0.3 is 0 Å². The zero-order valence-electron chi connectivity index (χ0n) is 37.5. The average Bonchev–Trinajstić information content (AvgIpc) is 3.24. The minimum atomic E-state index is -1.78. The Balaban J connectivity index is 1.79. The van der Waals surface area contributed by atoms with E-state index in [0.717, 1.165) is 51.4 Å². The van der Waals surface area contributed by atoms with E-state index in [1.54, 1.807) is 0 Å². The van der Waals surface area contributed by atoms with Crippen LogP contribution in [0.4, 0.5) is 0 Å². The number of unbranched alkanes of at least 4 members (excludes halogenated alkanes) is 24. The van der Waals surface area contributed by atoms with Crippen molar-refractivity contribution in [2.24, 2.45) is 0 Å². The van der Waals surface area contributed by atoms with E-state index in [1.807, 2.05) is 0 Å². The smallest absolute Gasteiger partial charge is 0.220 e. The second-order valence-electron chi connectivity index (χ2n) is 17.6. The molecule has 2 fully saturated rings. The lowest BCUT2D eigenvalue weighted by molar-refractivity contribution is -0.359. The van der Waals surface area contributed by atoms with Gasteiger partial charge in [0.05, 0.1) is 32.0 Å². The number of ether oxygens (including phenoxy) is 4. The van der Waals surface area contributed by atoms with Crippen molar-refractivity contribution < 1.29 is 64.6 Å². The third-order valence-corrected chi connectivity index (χ3v) is 12.3. The molecule has 0 bridgehead atoms. The van der Waals surface area contributed by atoms with E-state index in [2.05, 4.69) is 19.2 Å². The Bertz CT molecular complexity index is 1020. The SMILES string of the molecule is CCCCCCCCCCCCCCCCCCCCCC(O)C(COC1OC(CO)C(OC2OC(CO)C(O)C(O)C2O)C(O)C1O)NC(=O)CCCCCCCCC. The van der Waals surface area contributed by atoms with Crippen molar-refractivity contribution in [1.29, 1.82) is 0 Å². The molecule has 12 atom stereocenters. The number of amides is 1. The molecule has 0 radical (unpaired) electrons. The van der Waals surface area contributed by atoms with Crippen LogP contribution in [0.2, 0.25) is 0 Å². The van der Waals surface area contributed by atoms with Crippen molar-refractivity contribution in [3.8, 4) is 0 Å². The van der Waals surface area contributed by atoms with Gasteiger partial charge in [-0.3, -0.25) is 4.79 Å². The summed E-state index contributed by atoms with van der Waals surface area (Å²) in [5.41, 5.74) is 0. The highest BCUT2D eigenvalue weighted by Crippen LogP contribution is 2.30. The quantitative estimate of drug-likeness (QED) is 0.0356. The van der Waals surface area contributed by atoms with Gasteiger partial charge in [-0.25, -0.2) is 0 Å². The maximum atomic E-state index is 13.0. The van der Waals surface area contributed by atoms with Crippen LogP contribution in [0.5, 0.6) is 0 Å². The molecule has 14 nitrogen and oxygen atoms in total. The second-order valence-corrected chi connectivity index (χ2v) is 17.6. The molecule has 1 amide bonds. The molecular weight excluding hydrogens is 774 g/mol. The Morgan fingerprint density at radius 1 is 0.533 bits per heavy atom. The van der Waals surface area contributed by atoms with Gasteiger partial charge in [0.2, 0.25) is 5.91 Å². The predicted molar refractivity (Wildman–Crippen MR) is 231 cm³/mol. The Hall–Kier alpha value is -1.01. The van der Waals surface area contributed by atoms with Crippen molar-refractivity contribution in [3.63, 3.8) is 0 Å². The van der Waals surface area contributed by atoms with Gasteiger partial charge in [-0.15, -0.1) is 0 Å². The number of nitrogens with one attached hydrogen (secondary N) is 1. The third kappa shape index (κ3) is 22.1. The number of carbonyl (C=O) groups excluding carboxylic acids is 1. The molecule has 2 saturated heterocycles. The molecule has 2 heterocycles. The lowest BCUT2D eigenvalue weighted by Gasteiger charge is -2.46. The molecule has 0 aliphatic carbocycles. The molecule has 0 saturated carbocycles. The standard InChI is InChI=1S/C46H89NO13/c1-3-5-7-9-11-12-13-14-15-16-17-18-19-20-21-22-24-25-27-29-35(50)34(47-38(51)30-28-26-23-10-8-6-4-2)33-57-45-43(56)41(54)44(37(32-49)59-45)60-46-42(55)40(53)39(52)36(31-48)58-46/h34-37,39-46,48-50,52-56H,3-33H2,1-2H3,(H,47,51). The first-order valence-electron chi connectivity index (χ1n) is 24.3. The van der Waals surface area contributed by atoms with Crippen molar-refractivity contribution in [2.75, 3.05) is 19.8 Å². The molecule has 12 unspecified atom stereocenters. The van der Waals surface area contributed by atoms with E-state index in [0.29, 0.717) is 12.8 Å². The van der Waals surface area contributed by atoms with E-state index in [1.165, 1.54) is 116 Å². The van der Waals surface area contributed by atoms with Gasteiger partial charge in [-0.2, -0.15) is 0 Å². The summed E-state index contributed by atoms with van der Waals surface area (Å²) < 4.78 is 22.7. The summed E-state index contributed by atoms with van der Waals surface area (Å²) in [5, 5.41) is 86.5. The van der Waals surface area contributed by atoms with E-state index < -0.39 is 86.8 Å². The summed E-state index contributed by atoms with van der Waals surface area (Å²) in [6.45, 7) is 2.80. The molecule has 2 rings (SSSR count). The van der Waals surface area contributed by atoms with Crippen LogP contribution in [0.3, 0.4) is 0 Å². The lowest BCUT2D eigenvalue weighted by Crippen LogP contribution is -2.65. The zero-order valence-corrected chi connectivity index (χ0v) is 37.5. The summed E-state index contributed by atoms with van der Waals surface area (Å²) in [5.74, 6) is -0.212. The monoisotopic (exact) mass is 864 g/mol. The highest BCUT2D eigenvalue weighted by molar-refractivity contribution is 5.76. The van der Waals surface area contributed by atoms with Crippen molar-refractivity contribution in [3.05, 3.63) is 0 Å². The van der Waals surface area contributed by atoms with Gasteiger partial charge in [0.15, 0.2) is 12.6 Å². The van der Waals surface area contributed by atoms with E-state index in [4.69, 9.17) is 18.9 Å². The van der Waals surface area contributed by atoms with Gasteiger partial charge in [0, 0.05) is 6.42 Å². The van der Waals surface area contributed by atoms with Crippen LogP contribution in [0.25, 0.3) is 0 Å². The summed E-state index contributed by atoms with van der Waals surface area (Å²) in [7, 11) is 0. The fraction of sp³-hybridized carbons (Fsp3) is 0.978. The van der Waals surface area contributed by atoms with Crippen molar-refractivity contribution in [1.82, 2.24) is 5.32 Å². The van der Waals surface area contributed by atoms with Crippen LogP contribution < -0.4 is 5.32 Å². The molecule has 356 valence electrons. The van der Waals surface area contributed by atoms with Gasteiger partial charge in [-0.1, -0.05) is 174 Å². The van der Waals surface area contributed by atoms with Crippen LogP contribution in [-0.2, 0) is 23.7 Å². The topological polar surface area (TPSA) is 228 Å². The predicted octanol–water partition coefficient (Wildman–Crippen LogP) is 5.44. The highest BCUT2D eigenvalue weighted by Gasteiger charge is 2.51. The molecule has 0 spiro atoms. The first kappa shape index (κ1) is 55.1. The molecule has 0 aromatic heterocycles. The third-order valence-electron chi connectivity index (χ3n) is 12.3. The zero-order chi connectivity index (χ0) is 44.0. The number of rotatable bonds is 37. The van der Waals surface area contributed by atoms with E-state index in [9.17, 15) is 45.6 Å². The van der Waals surface area contributed by atoms with Crippen LogP contribution in [-0.4, -0.2) is 140 Å². The maximum Gasteiger partial charge on any atom is 0.220 e. The van der Waals surface area contributed by atoms with E-state index in [-0.39, 0.29) is 12.5 Å². The number of hydrogen-bond acceptors (Lipinski definition) is 13. The number of hydrogen-bond donors (Lipinski definition) is 9. The van der Waals surface area contributed by atoms with Crippen LogP contribution in [0, 0.1) is 0 Å². The number of carbonyl (C=O) groups is 1. The molecule has 9 N–H and O–H groups in total. The number of aliphatic hydroxyl groups is 8. The molecule has 14 heteroatoms. The van der Waals surface area contributed by atoms with Gasteiger partial charge in [-0.05, 0) is 12.8 Å². The Kier molecular flexibility index (Phi) is 31.6. The van der Waals surface area contributed by atoms with Crippen molar-refractivity contribution >= 4 is 5.91 Å². The first-order chi connectivity index (χ1) is 29.1. The van der Waals surface area contributed by atoms with Crippen LogP contribution in [0.15, 0.2) is 0 Å². The summed E-state index contributed by atoms with van der Waals surface area (Å²) >= 11 is 0. The van der Waals surface area contributed by atoms with E-state index >= 15 is 0 Å². The molecule has 2 aliphatic heterocycles. The first-order valence-corrected chi connectivity index (χ1v) is 24.3. The molecular formula is C46H89NO13. The van der Waals surface area contributed by atoms with Gasteiger partial charge < -0.3 is 65.1 Å². The fourth-order valence-corrected chi connectivity index (χ4v) is 8.30. The average molecular weight is 864 g/mol. The molecule has 0 aromatic carbocycles. The van der Waals surface area contributed by atoms with Crippen LogP contribution in [0.1, 0.15) is 194 Å². The second kappa shape index (κ2) is 34.4. The lowest BCUT2D eigenvalue weighted by atomic mass is 9.97. The fourth-order valence-electron chi connectivity index (χ4n) is 8.30. The molecule has 0 aromatic rings. The maximum absolute atomic E-state index is 13.0.